The number of amides is 1. The lowest BCUT2D eigenvalue weighted by molar-refractivity contribution is -0.188. The Morgan fingerprint density at radius 3 is 2.23 bits per heavy atom. The van der Waals surface area contributed by atoms with Crippen molar-refractivity contribution in [3.8, 4) is 0 Å². The number of hydrogen-bond acceptors (Lipinski definition) is 2. The van der Waals surface area contributed by atoms with Gasteiger partial charge < -0.3 is 0 Å². The number of hydrazone groups is 1. The van der Waals surface area contributed by atoms with E-state index in [9.17, 15) is 18.0 Å². The van der Waals surface area contributed by atoms with Crippen LogP contribution in [0.4, 0.5) is 13.2 Å². The fourth-order valence-electron chi connectivity index (χ4n) is 4.34. The Hall–Kier alpha value is -2.31. The van der Waals surface area contributed by atoms with Gasteiger partial charge in [-0.3, -0.25) is 4.79 Å². The van der Waals surface area contributed by atoms with Gasteiger partial charge in [0.15, 0.2) is 0 Å². The summed E-state index contributed by atoms with van der Waals surface area (Å²) < 4.78 is 40.1. The number of nitrogens with zero attached hydrogens (tertiary/aromatic N) is 2. The van der Waals surface area contributed by atoms with Gasteiger partial charge in [0.1, 0.15) is 0 Å². The maximum atomic E-state index is 13.4. The number of rotatable bonds is 2. The van der Waals surface area contributed by atoms with Crippen LogP contribution in [0.3, 0.4) is 0 Å². The predicted octanol–water partition coefficient (Wildman–Crippen LogP) is 6.92. The molecule has 0 unspecified atom stereocenters. The number of carbonyl (C=O) groups excluding carboxylic acids is 1. The van der Waals surface area contributed by atoms with Crippen LogP contribution in [-0.2, 0) is 4.79 Å². The molecule has 31 heavy (non-hydrogen) atoms. The van der Waals surface area contributed by atoms with Gasteiger partial charge in [-0.05, 0) is 65.8 Å². The average Bonchev–Trinajstić information content (AvgIpc) is 3.08. The molecule has 3 atom stereocenters. The minimum absolute atomic E-state index is 0.221. The van der Waals surface area contributed by atoms with Crippen LogP contribution in [-0.4, -0.2) is 22.8 Å². The van der Waals surface area contributed by atoms with Gasteiger partial charge in [0.25, 0.3) is 0 Å². The number of carbonyl (C=O) groups is 1. The van der Waals surface area contributed by atoms with Crippen LogP contribution >= 0.6 is 23.2 Å². The molecule has 2 aliphatic rings. The number of benzene rings is 2. The van der Waals surface area contributed by atoms with Crippen LogP contribution in [0, 0.1) is 11.8 Å². The topological polar surface area (TPSA) is 32.7 Å². The third-order valence-electron chi connectivity index (χ3n) is 5.64. The van der Waals surface area contributed by atoms with Crippen LogP contribution in [0.5, 0.6) is 0 Å². The van der Waals surface area contributed by atoms with Crippen LogP contribution in [0.2, 0.25) is 10.0 Å². The first kappa shape index (κ1) is 21.9. The lowest BCUT2D eigenvalue weighted by atomic mass is 9.73. The van der Waals surface area contributed by atoms with E-state index in [1.54, 1.807) is 36.4 Å². The molecule has 0 N–H and O–H groups in total. The fraction of sp³-hybridized carbons (Fsp3) is 0.304. The molecule has 0 radical (unpaired) electrons. The molecular formula is C23H19Cl2F3N2O. The highest BCUT2D eigenvalue weighted by molar-refractivity contribution is 6.30. The zero-order valence-electron chi connectivity index (χ0n) is 16.5. The van der Waals surface area contributed by atoms with Crippen LogP contribution in [0.25, 0.3) is 6.08 Å². The van der Waals surface area contributed by atoms with Crippen LogP contribution < -0.4 is 0 Å². The summed E-state index contributed by atoms with van der Waals surface area (Å²) in [5.74, 6) is -2.08. The smallest absolute Gasteiger partial charge is 0.262 e. The number of halogens is 5. The minimum atomic E-state index is -5.02. The molecule has 4 rings (SSSR count). The summed E-state index contributed by atoms with van der Waals surface area (Å²) in [6, 6.07) is 12.9. The molecule has 2 aromatic carbocycles. The van der Waals surface area contributed by atoms with E-state index in [1.165, 1.54) is 0 Å². The second kappa shape index (κ2) is 8.32. The van der Waals surface area contributed by atoms with Gasteiger partial charge in [-0.25, -0.2) is 5.01 Å². The molecule has 0 bridgehead atoms. The average molecular weight is 467 g/mol. The summed E-state index contributed by atoms with van der Waals surface area (Å²) in [6.45, 7) is 2.06. The van der Waals surface area contributed by atoms with Crippen molar-refractivity contribution in [3.05, 3.63) is 75.3 Å². The number of allylic oxidation sites excluding steroid dienone is 1. The molecule has 2 aromatic rings. The molecule has 1 aliphatic carbocycles. The van der Waals surface area contributed by atoms with Gasteiger partial charge in [-0.2, -0.15) is 18.3 Å². The second-order valence-corrected chi connectivity index (χ2v) is 8.87. The Morgan fingerprint density at radius 1 is 1.06 bits per heavy atom. The number of fused-ring (bicyclic) bond motifs is 1. The quantitative estimate of drug-likeness (QED) is 0.472. The lowest BCUT2D eigenvalue weighted by Gasteiger charge is -2.32. The Kier molecular flexibility index (Phi) is 5.88. The molecule has 162 valence electrons. The Labute approximate surface area is 188 Å². The SMILES string of the molecule is C[C@@H]1C/C(=C/c2ccc(Cl)cc2)C2=NN(C(=O)C(F)(F)F)[C@@H](c3ccc(Cl)cc3)[C@@H]2C1. The summed E-state index contributed by atoms with van der Waals surface area (Å²) >= 11 is 11.9. The molecule has 0 saturated heterocycles. The van der Waals surface area contributed by atoms with Crippen molar-refractivity contribution in [3.63, 3.8) is 0 Å². The number of alkyl halides is 3. The van der Waals surface area contributed by atoms with E-state index in [0.29, 0.717) is 39.2 Å². The fourth-order valence-corrected chi connectivity index (χ4v) is 4.59. The molecule has 1 aliphatic heterocycles. The van der Waals surface area contributed by atoms with Gasteiger partial charge in [-0.15, -0.1) is 0 Å². The van der Waals surface area contributed by atoms with Crippen molar-refractivity contribution in [2.24, 2.45) is 16.9 Å². The molecule has 3 nitrogen and oxygen atoms in total. The largest absolute Gasteiger partial charge is 0.473 e. The first-order chi connectivity index (χ1) is 14.6. The van der Waals surface area contributed by atoms with Crippen molar-refractivity contribution in [1.29, 1.82) is 0 Å². The van der Waals surface area contributed by atoms with E-state index in [0.717, 1.165) is 11.1 Å². The summed E-state index contributed by atoms with van der Waals surface area (Å²) in [5, 5.41) is 5.91. The molecule has 1 saturated carbocycles. The molecule has 0 spiro atoms. The normalized spacial score (nSPS) is 24.8. The zero-order chi connectivity index (χ0) is 22.3. The number of hydrogen-bond donors (Lipinski definition) is 0. The summed E-state index contributed by atoms with van der Waals surface area (Å²) in [6.07, 6.45) is -1.81. The van der Waals surface area contributed by atoms with E-state index in [1.807, 2.05) is 18.2 Å². The minimum Gasteiger partial charge on any atom is -0.262 e. The highest BCUT2D eigenvalue weighted by Crippen LogP contribution is 2.47. The standard InChI is InChI=1S/C23H19Cl2F3N2O/c1-13-10-16(12-14-2-6-17(24)7-3-14)20-19(11-13)21(15-4-8-18(25)9-5-15)30(29-20)22(31)23(26,27)28/h2-9,12-13,19,21H,10-11H2,1H3/b16-12-/t13-,19-,21+/m1/s1. The molecular weight excluding hydrogens is 448 g/mol. The van der Waals surface area contributed by atoms with Crippen molar-refractivity contribution < 1.29 is 18.0 Å². The molecule has 8 heteroatoms. The van der Waals surface area contributed by atoms with Gasteiger partial charge in [0.05, 0.1) is 11.8 Å². The van der Waals surface area contributed by atoms with E-state index in [2.05, 4.69) is 12.0 Å². The van der Waals surface area contributed by atoms with Gasteiger partial charge >= 0.3 is 12.1 Å². The van der Waals surface area contributed by atoms with Gasteiger partial charge in [0.2, 0.25) is 0 Å². The Balaban J connectivity index is 1.80. The first-order valence-corrected chi connectivity index (χ1v) is 10.6. The molecule has 1 amide bonds. The first-order valence-electron chi connectivity index (χ1n) is 9.84. The van der Waals surface area contributed by atoms with E-state index < -0.39 is 18.1 Å². The zero-order valence-corrected chi connectivity index (χ0v) is 18.0. The van der Waals surface area contributed by atoms with Crippen molar-refractivity contribution in [2.75, 3.05) is 0 Å². The summed E-state index contributed by atoms with van der Waals surface area (Å²) in [5.41, 5.74) is 2.82. The molecule has 1 fully saturated rings. The van der Waals surface area contributed by atoms with Crippen LogP contribution in [0.15, 0.2) is 59.2 Å². The van der Waals surface area contributed by atoms with E-state index >= 15 is 0 Å². The maximum Gasteiger partial charge on any atom is 0.473 e. The molecule has 1 heterocycles. The van der Waals surface area contributed by atoms with Gasteiger partial charge in [-0.1, -0.05) is 54.4 Å². The maximum absolute atomic E-state index is 13.4. The second-order valence-electron chi connectivity index (χ2n) is 8.00. The van der Waals surface area contributed by atoms with Crippen LogP contribution in [0.1, 0.15) is 36.9 Å². The van der Waals surface area contributed by atoms with Crippen molar-refractivity contribution in [1.82, 2.24) is 5.01 Å². The lowest BCUT2D eigenvalue weighted by Crippen LogP contribution is -2.40. The summed E-state index contributed by atoms with van der Waals surface area (Å²) in [4.78, 5) is 12.3. The Bertz CT molecular complexity index is 1050. The van der Waals surface area contributed by atoms with Crippen molar-refractivity contribution >= 4 is 40.9 Å². The van der Waals surface area contributed by atoms with E-state index in [4.69, 9.17) is 23.2 Å². The highest BCUT2D eigenvalue weighted by atomic mass is 35.5. The third-order valence-corrected chi connectivity index (χ3v) is 6.14. The predicted molar refractivity (Wildman–Crippen MR) is 116 cm³/mol. The third kappa shape index (κ3) is 4.51. The Morgan fingerprint density at radius 2 is 1.65 bits per heavy atom. The molecule has 0 aromatic heterocycles. The van der Waals surface area contributed by atoms with E-state index in [-0.39, 0.29) is 11.8 Å². The highest BCUT2D eigenvalue weighted by Gasteiger charge is 2.52. The monoisotopic (exact) mass is 466 g/mol. The summed E-state index contributed by atoms with van der Waals surface area (Å²) in [7, 11) is 0. The van der Waals surface area contributed by atoms with Crippen molar-refractivity contribution in [2.45, 2.75) is 32.0 Å². The van der Waals surface area contributed by atoms with Gasteiger partial charge in [0, 0.05) is 16.0 Å².